The topological polar surface area (TPSA) is 74.6 Å². The first-order chi connectivity index (χ1) is 15.3. The van der Waals surface area contributed by atoms with Gasteiger partial charge in [0.1, 0.15) is 0 Å². The van der Waals surface area contributed by atoms with Gasteiger partial charge in [0, 0.05) is 18.5 Å². The lowest BCUT2D eigenvalue weighted by Crippen LogP contribution is -2.15. The monoisotopic (exact) mass is 447 g/mol. The summed E-state index contributed by atoms with van der Waals surface area (Å²) in [5.41, 5.74) is -0.610. The smallest absolute Gasteiger partial charge is 0.418 e. The van der Waals surface area contributed by atoms with E-state index in [-0.39, 0.29) is 11.4 Å². The van der Waals surface area contributed by atoms with Crippen LogP contribution in [0.25, 0.3) is 11.8 Å². The molecule has 3 aromatic rings. The molecule has 1 amide bonds. The molecule has 0 aliphatic heterocycles. The third-order valence-electron chi connectivity index (χ3n) is 4.45. The van der Waals surface area contributed by atoms with Crippen molar-refractivity contribution in [2.24, 2.45) is 0 Å². The summed E-state index contributed by atoms with van der Waals surface area (Å²) in [6.07, 6.45) is 0.838. The van der Waals surface area contributed by atoms with Gasteiger partial charge in [0.05, 0.1) is 38.3 Å². The average Bonchev–Trinajstić information content (AvgIpc) is 3.31. The lowest BCUT2D eigenvalue weighted by atomic mass is 10.1. The molecule has 0 saturated heterocycles. The number of halogens is 3. The second-order valence-electron chi connectivity index (χ2n) is 6.46. The van der Waals surface area contributed by atoms with Crippen LogP contribution in [0.5, 0.6) is 17.2 Å². The van der Waals surface area contributed by atoms with Crippen LogP contribution < -0.4 is 19.5 Å². The van der Waals surface area contributed by atoms with Crippen LogP contribution in [0.2, 0.25) is 0 Å². The summed E-state index contributed by atoms with van der Waals surface area (Å²) in [6.45, 7) is 0. The molecule has 0 fully saturated rings. The number of nitrogens with one attached hydrogen (secondary N) is 1. The molecule has 0 aliphatic carbocycles. The normalized spacial score (nSPS) is 11.4. The Morgan fingerprint density at radius 3 is 2.28 bits per heavy atom. The van der Waals surface area contributed by atoms with Crippen molar-refractivity contribution in [2.45, 2.75) is 6.18 Å². The fourth-order valence-electron chi connectivity index (χ4n) is 2.98. The van der Waals surface area contributed by atoms with Crippen LogP contribution in [0.3, 0.4) is 0 Å². The van der Waals surface area contributed by atoms with Gasteiger partial charge in [-0.25, -0.2) is 4.68 Å². The maximum atomic E-state index is 13.6. The molecule has 1 aromatic heterocycles. The van der Waals surface area contributed by atoms with Crippen molar-refractivity contribution in [3.63, 3.8) is 0 Å². The maximum absolute atomic E-state index is 13.6. The Hall–Kier alpha value is -3.95. The lowest BCUT2D eigenvalue weighted by Gasteiger charge is -2.15. The Labute approximate surface area is 182 Å². The van der Waals surface area contributed by atoms with Crippen molar-refractivity contribution in [1.29, 1.82) is 0 Å². The van der Waals surface area contributed by atoms with Crippen LogP contribution in [0.4, 0.5) is 18.9 Å². The number of hydrogen-bond acceptors (Lipinski definition) is 5. The summed E-state index contributed by atoms with van der Waals surface area (Å²) >= 11 is 0. The van der Waals surface area contributed by atoms with Gasteiger partial charge in [0.15, 0.2) is 11.5 Å². The fourth-order valence-corrected chi connectivity index (χ4v) is 2.98. The second-order valence-corrected chi connectivity index (χ2v) is 6.46. The highest BCUT2D eigenvalue weighted by Crippen LogP contribution is 2.39. The van der Waals surface area contributed by atoms with E-state index in [2.05, 4.69) is 10.4 Å². The van der Waals surface area contributed by atoms with Crippen LogP contribution in [0.1, 0.15) is 11.1 Å². The van der Waals surface area contributed by atoms with Gasteiger partial charge in [-0.2, -0.15) is 18.3 Å². The molecule has 10 heteroatoms. The molecular weight excluding hydrogens is 427 g/mol. The Balaban J connectivity index is 1.85. The molecule has 1 heterocycles. The Morgan fingerprint density at radius 1 is 1.06 bits per heavy atom. The van der Waals surface area contributed by atoms with E-state index in [1.54, 1.807) is 18.2 Å². The Morgan fingerprint density at radius 2 is 1.75 bits per heavy atom. The van der Waals surface area contributed by atoms with Crippen molar-refractivity contribution in [3.8, 4) is 22.9 Å². The Kier molecular flexibility index (Phi) is 6.72. The van der Waals surface area contributed by atoms with Crippen molar-refractivity contribution >= 4 is 17.7 Å². The third-order valence-corrected chi connectivity index (χ3v) is 4.45. The summed E-state index contributed by atoms with van der Waals surface area (Å²) < 4.78 is 57.7. The largest absolute Gasteiger partial charge is 0.493 e. The Bertz CT molecular complexity index is 1100. The number of ether oxygens (including phenoxy) is 3. The highest BCUT2D eigenvalue weighted by atomic mass is 19.4. The summed E-state index contributed by atoms with van der Waals surface area (Å²) in [6, 6.07) is 8.34. The number of benzene rings is 2. The number of alkyl halides is 3. The summed E-state index contributed by atoms with van der Waals surface area (Å²) in [5.74, 6) is 0.390. The second kappa shape index (κ2) is 9.46. The molecule has 32 heavy (non-hydrogen) atoms. The van der Waals surface area contributed by atoms with Gasteiger partial charge in [0.2, 0.25) is 11.7 Å². The molecule has 0 saturated carbocycles. The van der Waals surface area contributed by atoms with Crippen LogP contribution in [0.15, 0.2) is 54.9 Å². The number of rotatable bonds is 7. The zero-order valence-electron chi connectivity index (χ0n) is 17.4. The number of anilines is 1. The molecule has 3 rings (SSSR count). The minimum Gasteiger partial charge on any atom is -0.493 e. The lowest BCUT2D eigenvalue weighted by molar-refractivity contribution is -0.137. The van der Waals surface area contributed by atoms with E-state index in [1.165, 1.54) is 56.6 Å². The molecule has 1 N–H and O–H groups in total. The quantitative estimate of drug-likeness (QED) is 0.537. The molecule has 0 unspecified atom stereocenters. The van der Waals surface area contributed by atoms with Crippen LogP contribution >= 0.6 is 0 Å². The van der Waals surface area contributed by atoms with Gasteiger partial charge in [0.25, 0.3) is 0 Å². The number of hydrogen-bond donors (Lipinski definition) is 1. The number of aromatic nitrogens is 2. The summed E-state index contributed by atoms with van der Waals surface area (Å²) in [5, 5.41) is 6.20. The zero-order chi connectivity index (χ0) is 23.3. The fraction of sp³-hybridized carbons (Fsp3) is 0.182. The number of carbonyl (C=O) groups is 1. The number of methoxy groups -OCH3 is 3. The van der Waals surface area contributed by atoms with Crippen molar-refractivity contribution < 1.29 is 32.2 Å². The van der Waals surface area contributed by atoms with Crippen LogP contribution in [0, 0.1) is 0 Å². The molecule has 0 aliphatic rings. The predicted octanol–water partition coefficient (Wildman–Crippen LogP) is 4.57. The predicted molar refractivity (Wildman–Crippen MR) is 112 cm³/mol. The van der Waals surface area contributed by atoms with E-state index in [9.17, 15) is 18.0 Å². The third kappa shape index (κ3) is 5.02. The first kappa shape index (κ1) is 22.7. The molecule has 7 nitrogen and oxygen atoms in total. The minimum atomic E-state index is -4.67. The minimum absolute atomic E-state index is 0.216. The van der Waals surface area contributed by atoms with Gasteiger partial charge < -0.3 is 19.5 Å². The van der Waals surface area contributed by atoms with Gasteiger partial charge in [-0.05, 0) is 48.0 Å². The van der Waals surface area contributed by atoms with E-state index < -0.39 is 17.6 Å². The van der Waals surface area contributed by atoms with E-state index in [1.807, 2.05) is 0 Å². The number of amides is 1. The first-order valence-corrected chi connectivity index (χ1v) is 9.27. The van der Waals surface area contributed by atoms with E-state index in [0.717, 1.165) is 12.1 Å². The highest BCUT2D eigenvalue weighted by Gasteiger charge is 2.34. The SMILES string of the molecule is COc1cc(/C=C/C(=O)Nc2ccc(-n3cccn3)cc2C(F)(F)F)cc(OC)c1OC. The van der Waals surface area contributed by atoms with E-state index >= 15 is 0 Å². The molecule has 168 valence electrons. The van der Waals surface area contributed by atoms with Crippen LogP contribution in [-0.2, 0) is 11.0 Å². The molecule has 0 bridgehead atoms. The van der Waals surface area contributed by atoms with Crippen molar-refractivity contribution in [2.75, 3.05) is 26.6 Å². The van der Waals surface area contributed by atoms with Gasteiger partial charge in [-0.15, -0.1) is 0 Å². The summed E-state index contributed by atoms with van der Waals surface area (Å²) in [7, 11) is 4.35. The van der Waals surface area contributed by atoms with Crippen LogP contribution in [-0.4, -0.2) is 37.0 Å². The molecule has 0 spiro atoms. The molecular formula is C22H20F3N3O4. The molecule has 0 atom stereocenters. The maximum Gasteiger partial charge on any atom is 0.418 e. The highest BCUT2D eigenvalue weighted by molar-refractivity contribution is 6.02. The number of carbonyl (C=O) groups excluding carboxylic acids is 1. The van der Waals surface area contributed by atoms with E-state index in [4.69, 9.17) is 14.2 Å². The van der Waals surface area contributed by atoms with Gasteiger partial charge >= 0.3 is 6.18 Å². The number of nitrogens with zero attached hydrogens (tertiary/aromatic N) is 2. The summed E-state index contributed by atoms with van der Waals surface area (Å²) in [4.78, 5) is 12.3. The molecule has 0 radical (unpaired) electrons. The standard InChI is InChI=1S/C22H20F3N3O4/c1-30-18-11-14(12-19(31-2)21(18)32-3)5-8-20(29)27-17-7-6-15(28-10-4-9-26-28)13-16(17)22(23,24)25/h4-13H,1-3H3,(H,27,29)/b8-5+. The van der Waals surface area contributed by atoms with Gasteiger partial charge in [-0.3, -0.25) is 4.79 Å². The molecule has 2 aromatic carbocycles. The first-order valence-electron chi connectivity index (χ1n) is 9.27. The van der Waals surface area contributed by atoms with Crippen molar-refractivity contribution in [3.05, 3.63) is 66.0 Å². The van der Waals surface area contributed by atoms with E-state index in [0.29, 0.717) is 22.8 Å². The van der Waals surface area contributed by atoms with Gasteiger partial charge in [-0.1, -0.05) is 0 Å². The van der Waals surface area contributed by atoms with Crippen molar-refractivity contribution in [1.82, 2.24) is 9.78 Å². The average molecular weight is 447 g/mol. The zero-order valence-corrected chi connectivity index (χ0v) is 17.4.